The normalized spacial score (nSPS) is 16.5. The summed E-state index contributed by atoms with van der Waals surface area (Å²) in [5, 5.41) is 1.37. The van der Waals surface area contributed by atoms with Crippen LogP contribution in [0.4, 0.5) is 17.1 Å². The van der Waals surface area contributed by atoms with Crippen molar-refractivity contribution in [2.75, 3.05) is 4.90 Å². The van der Waals surface area contributed by atoms with Gasteiger partial charge in [-0.3, -0.25) is 4.98 Å². The molecule has 2 aromatic heterocycles. The van der Waals surface area contributed by atoms with Crippen molar-refractivity contribution in [3.63, 3.8) is 0 Å². The van der Waals surface area contributed by atoms with E-state index in [0.717, 1.165) is 47.5 Å². The van der Waals surface area contributed by atoms with Crippen LogP contribution in [-0.4, -0.2) is 9.55 Å². The lowest BCUT2D eigenvalue weighted by Gasteiger charge is -2.28. The zero-order chi connectivity index (χ0) is 36.4. The molecule has 0 radical (unpaired) electrons. The third-order valence-electron chi connectivity index (χ3n) is 11.9. The summed E-state index contributed by atoms with van der Waals surface area (Å²) in [6, 6.07) is 45.1. The maximum atomic E-state index is 4.35. The first-order valence-corrected chi connectivity index (χ1v) is 19.3. The number of rotatable bonds is 6. The van der Waals surface area contributed by atoms with E-state index < -0.39 is 0 Å². The fraction of sp³-hybridized carbons (Fsp3) is 0.157. The number of pyridine rings is 1. The van der Waals surface area contributed by atoms with Gasteiger partial charge in [-0.25, -0.2) is 0 Å². The Morgan fingerprint density at radius 1 is 0.704 bits per heavy atom. The summed E-state index contributed by atoms with van der Waals surface area (Å²) in [5.41, 5.74) is 19.0. The van der Waals surface area contributed by atoms with Gasteiger partial charge < -0.3 is 9.47 Å². The summed E-state index contributed by atoms with van der Waals surface area (Å²) in [4.78, 5) is 6.75. The molecule has 0 saturated carbocycles. The van der Waals surface area contributed by atoms with Crippen molar-refractivity contribution in [2.45, 2.75) is 45.4 Å². The molecule has 0 aliphatic heterocycles. The lowest BCUT2D eigenvalue weighted by atomic mass is 9.82. The van der Waals surface area contributed by atoms with Crippen LogP contribution in [0.3, 0.4) is 0 Å². The molecule has 5 aromatic carbocycles. The van der Waals surface area contributed by atoms with Crippen molar-refractivity contribution in [2.24, 2.45) is 5.92 Å². The summed E-state index contributed by atoms with van der Waals surface area (Å²) in [6.45, 7) is 7.01. The summed E-state index contributed by atoms with van der Waals surface area (Å²) in [6.07, 6.45) is 18.5. The quantitative estimate of drug-likeness (QED) is 0.172. The molecule has 0 bridgehead atoms. The number of benzene rings is 5. The molecule has 0 spiro atoms. The van der Waals surface area contributed by atoms with Crippen molar-refractivity contribution < 1.29 is 0 Å². The first kappa shape index (κ1) is 32.5. The smallest absolute Gasteiger partial charge is 0.0534 e. The van der Waals surface area contributed by atoms with Crippen molar-refractivity contribution in [3.8, 4) is 33.4 Å². The Morgan fingerprint density at radius 3 is 2.19 bits per heavy atom. The van der Waals surface area contributed by atoms with Crippen LogP contribution < -0.4 is 4.90 Å². The van der Waals surface area contributed by atoms with Gasteiger partial charge in [0.25, 0.3) is 0 Å². The molecule has 10 rings (SSSR count). The number of anilines is 3. The number of nitrogens with zero attached hydrogens (tertiary/aromatic N) is 3. The molecule has 262 valence electrons. The molecule has 7 aromatic rings. The molecular weight excluding hydrogens is 655 g/mol. The maximum Gasteiger partial charge on any atom is 0.0534 e. The zero-order valence-corrected chi connectivity index (χ0v) is 31.1. The van der Waals surface area contributed by atoms with Gasteiger partial charge in [-0.2, -0.15) is 0 Å². The lowest BCUT2D eigenvalue weighted by Crippen LogP contribution is -2.16. The third-order valence-corrected chi connectivity index (χ3v) is 11.9. The molecule has 2 heterocycles. The number of hydrogen-bond acceptors (Lipinski definition) is 2. The Balaban J connectivity index is 1.05. The fourth-order valence-corrected chi connectivity index (χ4v) is 9.13. The van der Waals surface area contributed by atoms with Gasteiger partial charge in [-0.1, -0.05) is 106 Å². The van der Waals surface area contributed by atoms with E-state index in [4.69, 9.17) is 0 Å². The standard InChI is InChI=1S/C51H43N3/c1-34-10-8-12-41(30-34)54-49-16-7-5-14-45(49)46-31-37(21-28-50(46)54)35-17-22-39(23-18-35)53(40-24-19-36(20-25-40)38-11-9-29-52-33-38)42-26-27-44-43-13-4-6-15-47(43)51(2,3)48(44)32-42/h4,6-13,15-29,31-34H,5,14,30H2,1-3H3. The van der Waals surface area contributed by atoms with Crippen LogP contribution in [0.25, 0.3) is 56.1 Å². The van der Waals surface area contributed by atoms with Gasteiger partial charge in [0.05, 0.1) is 5.52 Å². The third kappa shape index (κ3) is 5.29. The Hall–Kier alpha value is -6.19. The number of fused-ring (bicyclic) bond motifs is 6. The second kappa shape index (κ2) is 12.7. The van der Waals surface area contributed by atoms with Crippen molar-refractivity contribution in [3.05, 3.63) is 180 Å². The average Bonchev–Trinajstić information content (AvgIpc) is 3.67. The monoisotopic (exact) mass is 697 g/mol. The number of allylic oxidation sites excluding steroid dienone is 5. The topological polar surface area (TPSA) is 21.1 Å². The van der Waals surface area contributed by atoms with Crippen LogP contribution in [0.15, 0.2) is 158 Å². The van der Waals surface area contributed by atoms with Crippen LogP contribution in [0, 0.1) is 5.92 Å². The second-order valence-electron chi connectivity index (χ2n) is 15.7. The average molecular weight is 698 g/mol. The van der Waals surface area contributed by atoms with E-state index in [1.807, 2.05) is 18.5 Å². The summed E-state index contributed by atoms with van der Waals surface area (Å²) < 4.78 is 2.51. The summed E-state index contributed by atoms with van der Waals surface area (Å²) in [7, 11) is 0. The molecule has 3 nitrogen and oxygen atoms in total. The highest BCUT2D eigenvalue weighted by Gasteiger charge is 2.35. The number of aryl methyl sites for hydroxylation is 1. The van der Waals surface area contributed by atoms with Crippen LogP contribution in [-0.2, 0) is 11.8 Å². The molecule has 0 amide bonds. The van der Waals surface area contributed by atoms with Gasteiger partial charge in [0.2, 0.25) is 0 Å². The molecule has 0 fully saturated rings. The van der Waals surface area contributed by atoms with Crippen LogP contribution in [0.2, 0.25) is 0 Å². The van der Waals surface area contributed by atoms with E-state index in [0.29, 0.717) is 5.92 Å². The molecular formula is C51H43N3. The Bertz CT molecular complexity index is 2650. The SMILES string of the molecule is CC1C=CC=C(n2c3c(c4cc(-c5ccc(N(c6ccc(-c7cccnc7)cc6)c6ccc7c(c6)C(C)(C)c6ccccc6-7)cc5)ccc42)CCC=C3)C1. The van der Waals surface area contributed by atoms with Crippen LogP contribution in [0.5, 0.6) is 0 Å². The van der Waals surface area contributed by atoms with Crippen molar-refractivity contribution in [1.82, 2.24) is 9.55 Å². The highest BCUT2D eigenvalue weighted by atomic mass is 15.1. The van der Waals surface area contributed by atoms with Gasteiger partial charge in [-0.05, 0) is 142 Å². The van der Waals surface area contributed by atoms with Gasteiger partial charge in [0, 0.05) is 51.6 Å². The van der Waals surface area contributed by atoms with Gasteiger partial charge in [0.1, 0.15) is 0 Å². The van der Waals surface area contributed by atoms with E-state index >= 15 is 0 Å². The molecule has 3 heteroatoms. The summed E-state index contributed by atoms with van der Waals surface area (Å²) >= 11 is 0. The Labute approximate surface area is 318 Å². The highest BCUT2D eigenvalue weighted by Crippen LogP contribution is 2.51. The number of aromatic nitrogens is 2. The molecule has 3 aliphatic carbocycles. The van der Waals surface area contributed by atoms with E-state index in [9.17, 15) is 0 Å². The van der Waals surface area contributed by atoms with E-state index in [2.05, 4.69) is 181 Å². The molecule has 1 unspecified atom stereocenters. The molecule has 3 aliphatic rings. The van der Waals surface area contributed by atoms with E-state index in [-0.39, 0.29) is 5.41 Å². The van der Waals surface area contributed by atoms with Crippen molar-refractivity contribution >= 4 is 39.7 Å². The Kier molecular flexibility index (Phi) is 7.66. The van der Waals surface area contributed by atoms with Crippen LogP contribution in [0.1, 0.15) is 56.0 Å². The molecule has 0 saturated heterocycles. The predicted octanol–water partition coefficient (Wildman–Crippen LogP) is 13.5. The summed E-state index contributed by atoms with van der Waals surface area (Å²) in [5.74, 6) is 0.543. The number of hydrogen-bond donors (Lipinski definition) is 0. The zero-order valence-electron chi connectivity index (χ0n) is 31.1. The van der Waals surface area contributed by atoms with Gasteiger partial charge in [0.15, 0.2) is 0 Å². The molecule has 0 N–H and O–H groups in total. The minimum atomic E-state index is -0.0866. The van der Waals surface area contributed by atoms with Crippen LogP contribution >= 0.6 is 0 Å². The van der Waals surface area contributed by atoms with Crippen molar-refractivity contribution in [1.29, 1.82) is 0 Å². The molecule has 54 heavy (non-hydrogen) atoms. The van der Waals surface area contributed by atoms with Gasteiger partial charge >= 0.3 is 0 Å². The van der Waals surface area contributed by atoms with E-state index in [1.54, 1.807) is 0 Å². The lowest BCUT2D eigenvalue weighted by molar-refractivity contribution is 0.660. The maximum absolute atomic E-state index is 4.35. The Morgan fingerprint density at radius 2 is 1.43 bits per heavy atom. The highest BCUT2D eigenvalue weighted by molar-refractivity contribution is 5.95. The first-order chi connectivity index (χ1) is 26.4. The van der Waals surface area contributed by atoms with E-state index in [1.165, 1.54) is 61.2 Å². The minimum Gasteiger partial charge on any atom is -0.313 e. The minimum absolute atomic E-state index is 0.0866. The largest absolute Gasteiger partial charge is 0.313 e. The second-order valence-corrected chi connectivity index (χ2v) is 15.7. The first-order valence-electron chi connectivity index (χ1n) is 19.3. The predicted molar refractivity (Wildman–Crippen MR) is 227 cm³/mol. The molecule has 1 atom stereocenters. The fourth-order valence-electron chi connectivity index (χ4n) is 9.13. The van der Waals surface area contributed by atoms with Gasteiger partial charge in [-0.15, -0.1) is 0 Å².